The normalized spacial score (nSPS) is 15.8. The maximum atomic E-state index is 5.33. The summed E-state index contributed by atoms with van der Waals surface area (Å²) in [6.07, 6.45) is 7.68. The number of nitrogens with one attached hydrogen (secondary N) is 2. The van der Waals surface area contributed by atoms with E-state index in [1.807, 2.05) is 12.1 Å². The zero-order valence-electron chi connectivity index (χ0n) is 12.6. The van der Waals surface area contributed by atoms with Gasteiger partial charge in [0.25, 0.3) is 0 Å². The predicted molar refractivity (Wildman–Crippen MR) is 95.4 cm³/mol. The Morgan fingerprint density at radius 1 is 1.43 bits per heavy atom. The summed E-state index contributed by atoms with van der Waals surface area (Å²) in [5.41, 5.74) is 0. The van der Waals surface area contributed by atoms with Gasteiger partial charge in [-0.2, -0.15) is 0 Å². The van der Waals surface area contributed by atoms with Crippen LogP contribution in [0.25, 0.3) is 0 Å². The number of furan rings is 1. The summed E-state index contributed by atoms with van der Waals surface area (Å²) in [5.74, 6) is 1.88. The summed E-state index contributed by atoms with van der Waals surface area (Å²) >= 11 is 0. The molecule has 5 nitrogen and oxygen atoms in total. The Kier molecular flexibility index (Phi) is 9.49. The Bertz CT molecular complexity index is 390. The second-order valence-corrected chi connectivity index (χ2v) is 5.10. The first-order valence-corrected chi connectivity index (χ1v) is 7.44. The average Bonchev–Trinajstić information content (AvgIpc) is 3.12. The van der Waals surface area contributed by atoms with E-state index < -0.39 is 0 Å². The van der Waals surface area contributed by atoms with Crippen LogP contribution in [0.5, 0.6) is 0 Å². The van der Waals surface area contributed by atoms with Crippen LogP contribution in [0.2, 0.25) is 0 Å². The summed E-state index contributed by atoms with van der Waals surface area (Å²) in [4.78, 5) is 4.53. The Balaban J connectivity index is 0.00000220. The molecule has 1 aromatic heterocycles. The first-order chi connectivity index (χ1) is 9.88. The molecular weight excluding hydrogens is 381 g/mol. The average molecular weight is 407 g/mol. The molecule has 1 fully saturated rings. The van der Waals surface area contributed by atoms with Crippen LogP contribution in [-0.2, 0) is 11.2 Å². The number of halogens is 1. The molecule has 1 aliphatic carbocycles. The first-order valence-electron chi connectivity index (χ1n) is 7.44. The van der Waals surface area contributed by atoms with E-state index in [1.165, 1.54) is 25.7 Å². The van der Waals surface area contributed by atoms with Crippen molar-refractivity contribution >= 4 is 29.9 Å². The van der Waals surface area contributed by atoms with Gasteiger partial charge in [0.15, 0.2) is 5.96 Å². The largest absolute Gasteiger partial charge is 0.469 e. The van der Waals surface area contributed by atoms with Crippen LogP contribution in [0.15, 0.2) is 27.8 Å². The summed E-state index contributed by atoms with van der Waals surface area (Å²) < 4.78 is 10.4. The van der Waals surface area contributed by atoms with Crippen LogP contribution in [0, 0.1) is 0 Å². The standard InChI is InChI=1S/C15H25N3O2.HI/c1-19-12-10-17-15(18-13-5-2-3-6-13)16-9-8-14-7-4-11-20-14;/h4,7,11,13H,2-3,5-6,8-10,12H2,1H3,(H2,16,17,18);1H. The zero-order chi connectivity index (χ0) is 14.0. The van der Waals surface area contributed by atoms with Crippen LogP contribution in [0.3, 0.4) is 0 Å². The first kappa shape index (κ1) is 18.3. The van der Waals surface area contributed by atoms with E-state index in [0.717, 1.165) is 24.7 Å². The molecule has 6 heteroatoms. The van der Waals surface area contributed by atoms with Crippen LogP contribution in [-0.4, -0.2) is 38.8 Å². The van der Waals surface area contributed by atoms with E-state index in [4.69, 9.17) is 9.15 Å². The van der Waals surface area contributed by atoms with Crippen molar-refractivity contribution in [2.24, 2.45) is 4.99 Å². The monoisotopic (exact) mass is 407 g/mol. The molecule has 21 heavy (non-hydrogen) atoms. The minimum absolute atomic E-state index is 0. The summed E-state index contributed by atoms with van der Waals surface area (Å²) in [5, 5.41) is 6.87. The van der Waals surface area contributed by atoms with Crippen molar-refractivity contribution in [3.63, 3.8) is 0 Å². The molecule has 120 valence electrons. The fourth-order valence-electron chi connectivity index (χ4n) is 2.42. The molecule has 0 amide bonds. The Morgan fingerprint density at radius 2 is 2.24 bits per heavy atom. The highest BCUT2D eigenvalue weighted by molar-refractivity contribution is 14.0. The van der Waals surface area contributed by atoms with Crippen molar-refractivity contribution in [1.29, 1.82) is 0 Å². The minimum Gasteiger partial charge on any atom is -0.469 e. The number of ether oxygens (including phenoxy) is 1. The number of nitrogens with zero attached hydrogens (tertiary/aromatic N) is 1. The lowest BCUT2D eigenvalue weighted by Crippen LogP contribution is -2.43. The predicted octanol–water partition coefficient (Wildman–Crippen LogP) is 2.56. The van der Waals surface area contributed by atoms with Gasteiger partial charge < -0.3 is 19.8 Å². The maximum absolute atomic E-state index is 5.33. The van der Waals surface area contributed by atoms with Crippen LogP contribution >= 0.6 is 24.0 Å². The maximum Gasteiger partial charge on any atom is 0.191 e. The van der Waals surface area contributed by atoms with Crippen LogP contribution in [0.1, 0.15) is 31.4 Å². The van der Waals surface area contributed by atoms with E-state index in [2.05, 4.69) is 15.6 Å². The van der Waals surface area contributed by atoms with Gasteiger partial charge in [0.05, 0.1) is 19.4 Å². The van der Waals surface area contributed by atoms with Gasteiger partial charge in [-0.05, 0) is 25.0 Å². The minimum atomic E-state index is 0. The molecule has 0 aromatic carbocycles. The number of hydrogen-bond acceptors (Lipinski definition) is 3. The Hall–Kier alpha value is -0.760. The number of rotatable bonds is 7. The SMILES string of the molecule is COCCN=C(NCCc1ccco1)NC1CCCC1.I. The van der Waals surface area contributed by atoms with Gasteiger partial charge in [0.2, 0.25) is 0 Å². The summed E-state index contributed by atoms with van der Waals surface area (Å²) in [6, 6.07) is 4.47. The van der Waals surface area contributed by atoms with Crippen molar-refractivity contribution in [3.05, 3.63) is 24.2 Å². The van der Waals surface area contributed by atoms with Gasteiger partial charge in [-0.1, -0.05) is 12.8 Å². The summed E-state index contributed by atoms with van der Waals surface area (Å²) in [6.45, 7) is 2.15. The molecule has 1 aliphatic rings. The molecule has 0 radical (unpaired) electrons. The lowest BCUT2D eigenvalue weighted by atomic mass is 10.2. The quantitative estimate of drug-likeness (QED) is 0.316. The highest BCUT2D eigenvalue weighted by Crippen LogP contribution is 2.17. The van der Waals surface area contributed by atoms with Gasteiger partial charge in [-0.25, -0.2) is 0 Å². The molecule has 1 aromatic rings. The second kappa shape index (κ2) is 10.9. The molecule has 2 rings (SSSR count). The van der Waals surface area contributed by atoms with Gasteiger partial charge in [-0.15, -0.1) is 24.0 Å². The lowest BCUT2D eigenvalue weighted by molar-refractivity contribution is 0.208. The van der Waals surface area contributed by atoms with Gasteiger partial charge in [-0.3, -0.25) is 4.99 Å². The lowest BCUT2D eigenvalue weighted by Gasteiger charge is -2.17. The van der Waals surface area contributed by atoms with E-state index >= 15 is 0 Å². The fraction of sp³-hybridized carbons (Fsp3) is 0.667. The molecular formula is C15H26IN3O2. The molecule has 1 saturated carbocycles. The third kappa shape index (κ3) is 7.17. The smallest absolute Gasteiger partial charge is 0.191 e. The van der Waals surface area contributed by atoms with Gasteiger partial charge in [0.1, 0.15) is 5.76 Å². The van der Waals surface area contributed by atoms with Crippen molar-refractivity contribution in [2.75, 3.05) is 26.8 Å². The van der Waals surface area contributed by atoms with Crippen LogP contribution < -0.4 is 10.6 Å². The molecule has 0 aliphatic heterocycles. The van der Waals surface area contributed by atoms with Gasteiger partial charge >= 0.3 is 0 Å². The van der Waals surface area contributed by atoms with Crippen LogP contribution in [0.4, 0.5) is 0 Å². The molecule has 2 N–H and O–H groups in total. The Morgan fingerprint density at radius 3 is 2.90 bits per heavy atom. The number of hydrogen-bond donors (Lipinski definition) is 2. The van der Waals surface area contributed by atoms with E-state index in [-0.39, 0.29) is 24.0 Å². The van der Waals surface area contributed by atoms with Crippen molar-refractivity contribution in [1.82, 2.24) is 10.6 Å². The number of aliphatic imine (C=N–C) groups is 1. The highest BCUT2D eigenvalue weighted by Gasteiger charge is 2.15. The van der Waals surface area contributed by atoms with Gasteiger partial charge in [0, 0.05) is 26.1 Å². The third-order valence-electron chi connectivity index (χ3n) is 3.51. The number of methoxy groups -OCH3 is 1. The topological polar surface area (TPSA) is 58.8 Å². The Labute approximate surface area is 143 Å². The molecule has 0 spiro atoms. The second-order valence-electron chi connectivity index (χ2n) is 5.10. The van der Waals surface area contributed by atoms with E-state index in [1.54, 1.807) is 13.4 Å². The molecule has 0 bridgehead atoms. The van der Waals surface area contributed by atoms with Crippen molar-refractivity contribution in [2.45, 2.75) is 38.1 Å². The molecule has 0 unspecified atom stereocenters. The van der Waals surface area contributed by atoms with Crippen molar-refractivity contribution < 1.29 is 9.15 Å². The fourth-order valence-corrected chi connectivity index (χ4v) is 2.42. The van der Waals surface area contributed by atoms with E-state index in [0.29, 0.717) is 19.2 Å². The third-order valence-corrected chi connectivity index (χ3v) is 3.51. The molecule has 0 atom stereocenters. The van der Waals surface area contributed by atoms with E-state index in [9.17, 15) is 0 Å². The molecule has 1 heterocycles. The number of guanidine groups is 1. The zero-order valence-corrected chi connectivity index (χ0v) is 15.0. The highest BCUT2D eigenvalue weighted by atomic mass is 127. The van der Waals surface area contributed by atoms with Crippen molar-refractivity contribution in [3.8, 4) is 0 Å². The summed E-state index contributed by atoms with van der Waals surface area (Å²) in [7, 11) is 1.70. The molecule has 0 saturated heterocycles.